The van der Waals surface area contributed by atoms with Gasteiger partial charge in [-0.2, -0.15) is 0 Å². The molecule has 2 nitrogen and oxygen atoms in total. The molecule has 0 aliphatic heterocycles. The van der Waals surface area contributed by atoms with Crippen LogP contribution in [-0.4, -0.2) is 11.9 Å². The number of benzene rings is 1. The summed E-state index contributed by atoms with van der Waals surface area (Å²) in [6, 6.07) is 2.38. The second kappa shape index (κ2) is 4.91. The van der Waals surface area contributed by atoms with Gasteiger partial charge in [-0.15, -0.1) is 0 Å². The topological polar surface area (TPSA) is 24.4 Å². The number of anilines is 1. The molecule has 0 atom stereocenters. The van der Waals surface area contributed by atoms with E-state index in [4.69, 9.17) is 0 Å². The standard InChI is InChI=1S/C11H13BrF2N2/c1-11(2,3)16-6-15-10-8(13)4-7(12)5-9(10)14/h4-6H,1-3H3,(H,15,16). The molecule has 0 heterocycles. The number of hydrogen-bond donors (Lipinski definition) is 1. The molecule has 0 fully saturated rings. The Morgan fingerprint density at radius 1 is 1.25 bits per heavy atom. The molecule has 0 unspecified atom stereocenters. The third kappa shape index (κ3) is 3.89. The predicted octanol–water partition coefficient (Wildman–Crippen LogP) is 3.97. The van der Waals surface area contributed by atoms with Gasteiger partial charge >= 0.3 is 0 Å². The fourth-order valence-electron chi connectivity index (χ4n) is 0.971. The first-order valence-electron chi connectivity index (χ1n) is 4.74. The average Bonchev–Trinajstić information content (AvgIpc) is 2.07. The molecule has 5 heteroatoms. The molecule has 1 aromatic carbocycles. The Hall–Kier alpha value is -0.970. The van der Waals surface area contributed by atoms with Gasteiger partial charge in [-0.25, -0.2) is 8.78 Å². The summed E-state index contributed by atoms with van der Waals surface area (Å²) in [4.78, 5) is 4.08. The highest BCUT2D eigenvalue weighted by molar-refractivity contribution is 9.10. The van der Waals surface area contributed by atoms with E-state index in [9.17, 15) is 8.78 Å². The minimum atomic E-state index is -0.660. The van der Waals surface area contributed by atoms with E-state index in [-0.39, 0.29) is 11.2 Å². The minimum absolute atomic E-state index is 0.198. The Labute approximate surface area is 102 Å². The normalized spacial score (nSPS) is 12.1. The summed E-state index contributed by atoms with van der Waals surface area (Å²) in [5, 5.41) is 2.50. The zero-order valence-electron chi connectivity index (χ0n) is 9.31. The van der Waals surface area contributed by atoms with E-state index in [2.05, 4.69) is 26.2 Å². The molecule has 0 aliphatic carbocycles. The monoisotopic (exact) mass is 290 g/mol. The Kier molecular flexibility index (Phi) is 4.02. The van der Waals surface area contributed by atoms with E-state index in [0.717, 1.165) is 0 Å². The van der Waals surface area contributed by atoms with Gasteiger partial charge in [0.05, 0.1) is 11.9 Å². The van der Waals surface area contributed by atoms with E-state index in [1.165, 1.54) is 18.5 Å². The van der Waals surface area contributed by atoms with Crippen LogP contribution < -0.4 is 5.32 Å². The largest absolute Gasteiger partial charge is 0.342 e. The summed E-state index contributed by atoms with van der Waals surface area (Å²) in [5.41, 5.74) is -0.480. The molecule has 0 aromatic heterocycles. The Balaban J connectivity index is 2.87. The molecule has 1 aromatic rings. The summed E-state index contributed by atoms with van der Waals surface area (Å²) in [5.74, 6) is -1.32. The molecule has 0 spiro atoms. The Bertz CT molecular complexity index is 388. The number of hydrogen-bond acceptors (Lipinski definition) is 1. The third-order valence-corrected chi connectivity index (χ3v) is 2.13. The summed E-state index contributed by atoms with van der Waals surface area (Å²) < 4.78 is 27.0. The molecule has 0 saturated heterocycles. The lowest BCUT2D eigenvalue weighted by Gasteiger charge is -2.11. The molecule has 0 aliphatic rings. The van der Waals surface area contributed by atoms with Gasteiger partial charge in [0.1, 0.15) is 5.69 Å². The molecule has 0 amide bonds. The maximum Gasteiger partial charge on any atom is 0.150 e. The van der Waals surface area contributed by atoms with Crippen molar-refractivity contribution >= 4 is 28.0 Å². The molecule has 88 valence electrons. The molecular formula is C11H13BrF2N2. The van der Waals surface area contributed by atoms with E-state index in [1.54, 1.807) is 0 Å². The van der Waals surface area contributed by atoms with Crippen LogP contribution in [0.25, 0.3) is 0 Å². The fourth-order valence-corrected chi connectivity index (χ4v) is 1.37. The van der Waals surface area contributed by atoms with Gasteiger partial charge in [0.15, 0.2) is 11.6 Å². The minimum Gasteiger partial charge on any atom is -0.342 e. The highest BCUT2D eigenvalue weighted by Gasteiger charge is 2.10. The third-order valence-electron chi connectivity index (χ3n) is 1.67. The number of aliphatic imine (C=N–C) groups is 1. The second-order valence-corrected chi connectivity index (χ2v) is 5.23. The summed E-state index contributed by atoms with van der Waals surface area (Å²) in [6.45, 7) is 5.67. The van der Waals surface area contributed by atoms with Crippen LogP contribution in [0.1, 0.15) is 20.8 Å². The van der Waals surface area contributed by atoms with Crippen molar-refractivity contribution in [2.24, 2.45) is 4.99 Å². The van der Waals surface area contributed by atoms with Crippen LogP contribution in [0.3, 0.4) is 0 Å². The van der Waals surface area contributed by atoms with Crippen molar-refractivity contribution in [1.29, 1.82) is 0 Å². The van der Waals surface area contributed by atoms with Gasteiger partial charge in [0.2, 0.25) is 0 Å². The van der Waals surface area contributed by atoms with Crippen molar-refractivity contribution in [2.45, 2.75) is 26.3 Å². The zero-order chi connectivity index (χ0) is 12.3. The maximum absolute atomic E-state index is 13.3. The molecule has 1 rings (SSSR count). The molecular weight excluding hydrogens is 278 g/mol. The van der Waals surface area contributed by atoms with Crippen molar-refractivity contribution in [1.82, 2.24) is 0 Å². The lowest BCUT2D eigenvalue weighted by atomic mass is 10.1. The number of rotatable bonds is 2. The van der Waals surface area contributed by atoms with E-state index in [1.807, 2.05) is 20.8 Å². The maximum atomic E-state index is 13.3. The van der Waals surface area contributed by atoms with Crippen LogP contribution in [0, 0.1) is 11.6 Å². The number of halogens is 3. The smallest absolute Gasteiger partial charge is 0.150 e. The first-order valence-corrected chi connectivity index (χ1v) is 5.54. The van der Waals surface area contributed by atoms with Gasteiger partial charge in [-0.3, -0.25) is 4.99 Å². The van der Waals surface area contributed by atoms with Gasteiger partial charge < -0.3 is 5.32 Å². The average molecular weight is 291 g/mol. The lowest BCUT2D eigenvalue weighted by Crippen LogP contribution is -2.12. The van der Waals surface area contributed by atoms with Crippen molar-refractivity contribution in [3.05, 3.63) is 28.2 Å². The van der Waals surface area contributed by atoms with Crippen molar-refractivity contribution < 1.29 is 8.78 Å². The van der Waals surface area contributed by atoms with Crippen LogP contribution in [0.5, 0.6) is 0 Å². The molecule has 16 heavy (non-hydrogen) atoms. The van der Waals surface area contributed by atoms with Gasteiger partial charge in [0, 0.05) is 4.47 Å². The summed E-state index contributed by atoms with van der Waals surface area (Å²) in [6.07, 6.45) is 1.30. The van der Waals surface area contributed by atoms with Gasteiger partial charge in [-0.05, 0) is 32.9 Å². The van der Waals surface area contributed by atoms with Crippen LogP contribution in [-0.2, 0) is 0 Å². The van der Waals surface area contributed by atoms with Gasteiger partial charge in [0.25, 0.3) is 0 Å². The SMILES string of the molecule is CC(C)(C)N=CNc1c(F)cc(Br)cc1F. The summed E-state index contributed by atoms with van der Waals surface area (Å²) >= 11 is 3.01. The molecule has 0 saturated carbocycles. The Morgan fingerprint density at radius 3 is 2.19 bits per heavy atom. The predicted molar refractivity (Wildman–Crippen MR) is 65.9 cm³/mol. The van der Waals surface area contributed by atoms with Crippen LogP contribution >= 0.6 is 15.9 Å². The van der Waals surface area contributed by atoms with E-state index < -0.39 is 11.6 Å². The van der Waals surface area contributed by atoms with Crippen LogP contribution in [0.15, 0.2) is 21.6 Å². The molecule has 1 N–H and O–H groups in total. The lowest BCUT2D eigenvalue weighted by molar-refractivity contribution is 0.582. The highest BCUT2D eigenvalue weighted by atomic mass is 79.9. The molecule has 0 radical (unpaired) electrons. The zero-order valence-corrected chi connectivity index (χ0v) is 10.9. The summed E-state index contributed by atoms with van der Waals surface area (Å²) in [7, 11) is 0. The van der Waals surface area contributed by atoms with Crippen LogP contribution in [0.2, 0.25) is 0 Å². The number of nitrogens with one attached hydrogen (secondary N) is 1. The van der Waals surface area contributed by atoms with Crippen molar-refractivity contribution in [2.75, 3.05) is 5.32 Å². The number of nitrogens with zero attached hydrogens (tertiary/aromatic N) is 1. The second-order valence-electron chi connectivity index (χ2n) is 4.32. The van der Waals surface area contributed by atoms with Crippen molar-refractivity contribution in [3.63, 3.8) is 0 Å². The first kappa shape index (κ1) is 13.1. The van der Waals surface area contributed by atoms with E-state index in [0.29, 0.717) is 4.47 Å². The Morgan fingerprint density at radius 2 is 1.75 bits per heavy atom. The molecule has 0 bridgehead atoms. The first-order chi connectivity index (χ1) is 7.29. The highest BCUT2D eigenvalue weighted by Crippen LogP contribution is 2.23. The van der Waals surface area contributed by atoms with E-state index >= 15 is 0 Å². The van der Waals surface area contributed by atoms with Crippen LogP contribution in [0.4, 0.5) is 14.5 Å². The quantitative estimate of drug-likeness (QED) is 0.647. The fraction of sp³-hybridized carbons (Fsp3) is 0.364. The van der Waals surface area contributed by atoms with Crippen molar-refractivity contribution in [3.8, 4) is 0 Å². The van der Waals surface area contributed by atoms with Gasteiger partial charge in [-0.1, -0.05) is 15.9 Å².